The van der Waals surface area contributed by atoms with Crippen LogP contribution in [-0.2, 0) is 11.3 Å². The van der Waals surface area contributed by atoms with E-state index in [1.807, 2.05) is 12.1 Å². The van der Waals surface area contributed by atoms with Gasteiger partial charge in [0.25, 0.3) is 0 Å². The first kappa shape index (κ1) is 11.9. The molecule has 0 N–H and O–H groups in total. The van der Waals surface area contributed by atoms with Gasteiger partial charge in [0.15, 0.2) is 0 Å². The van der Waals surface area contributed by atoms with Crippen molar-refractivity contribution in [1.82, 2.24) is 4.90 Å². The van der Waals surface area contributed by atoms with Crippen molar-refractivity contribution in [3.8, 4) is 0 Å². The fourth-order valence-electron chi connectivity index (χ4n) is 1.87. The average molecular weight is 258 g/mol. The molecule has 1 saturated heterocycles. The highest BCUT2D eigenvalue weighted by molar-refractivity contribution is 6.33. The van der Waals surface area contributed by atoms with E-state index in [1.165, 1.54) is 0 Å². The predicted octanol–water partition coefficient (Wildman–Crippen LogP) is 3.16. The summed E-state index contributed by atoms with van der Waals surface area (Å²) in [5, 5.41) is 1.44. The average Bonchev–Trinajstić information content (AvgIpc) is 2.27. The van der Waals surface area contributed by atoms with Crippen molar-refractivity contribution < 1.29 is 4.79 Å². The maximum absolute atomic E-state index is 11.1. The maximum atomic E-state index is 11.1. The normalized spacial score (nSPS) is 17.8. The zero-order valence-corrected chi connectivity index (χ0v) is 10.4. The largest absolute Gasteiger partial charge is 0.300 e. The summed E-state index contributed by atoms with van der Waals surface area (Å²) in [4.78, 5) is 13.3. The Bertz CT molecular complexity index is 396. The van der Waals surface area contributed by atoms with Gasteiger partial charge in [-0.25, -0.2) is 0 Å². The molecule has 0 unspecified atom stereocenters. The van der Waals surface area contributed by atoms with Crippen LogP contribution in [-0.4, -0.2) is 23.8 Å². The van der Waals surface area contributed by atoms with Gasteiger partial charge in [-0.05, 0) is 23.8 Å². The van der Waals surface area contributed by atoms with E-state index in [-0.39, 0.29) is 0 Å². The fourth-order valence-corrected chi connectivity index (χ4v) is 2.24. The van der Waals surface area contributed by atoms with E-state index in [1.54, 1.807) is 6.07 Å². The van der Waals surface area contributed by atoms with E-state index in [2.05, 4.69) is 4.90 Å². The molecule has 16 heavy (non-hydrogen) atoms. The summed E-state index contributed by atoms with van der Waals surface area (Å²) in [6, 6.07) is 5.49. The van der Waals surface area contributed by atoms with Gasteiger partial charge in [0.1, 0.15) is 5.78 Å². The molecule has 0 amide bonds. The first-order chi connectivity index (χ1) is 7.65. The van der Waals surface area contributed by atoms with Crippen LogP contribution in [0.2, 0.25) is 10.0 Å². The van der Waals surface area contributed by atoms with Gasteiger partial charge in [0.2, 0.25) is 0 Å². The molecule has 4 heteroatoms. The molecule has 1 aliphatic rings. The first-order valence-corrected chi connectivity index (χ1v) is 6.09. The smallest absolute Gasteiger partial charge is 0.135 e. The van der Waals surface area contributed by atoms with Crippen molar-refractivity contribution in [1.29, 1.82) is 0 Å². The lowest BCUT2D eigenvalue weighted by Crippen LogP contribution is -2.33. The third-order valence-electron chi connectivity index (χ3n) is 2.82. The number of hydrogen-bond acceptors (Lipinski definition) is 2. The maximum Gasteiger partial charge on any atom is 0.135 e. The standard InChI is InChI=1S/C12H13Cl2NO/c13-10-1-2-12(14)9(7-10)8-15-5-3-11(16)4-6-15/h1-2,7H,3-6,8H2. The molecule has 2 nitrogen and oxygen atoms in total. The number of nitrogens with zero attached hydrogens (tertiary/aromatic N) is 1. The van der Waals surface area contributed by atoms with Crippen LogP contribution in [0.4, 0.5) is 0 Å². The van der Waals surface area contributed by atoms with Gasteiger partial charge >= 0.3 is 0 Å². The predicted molar refractivity (Wildman–Crippen MR) is 66.0 cm³/mol. The van der Waals surface area contributed by atoms with Crippen molar-refractivity contribution in [2.75, 3.05) is 13.1 Å². The summed E-state index contributed by atoms with van der Waals surface area (Å²) >= 11 is 12.0. The summed E-state index contributed by atoms with van der Waals surface area (Å²) in [5.74, 6) is 0.355. The lowest BCUT2D eigenvalue weighted by molar-refractivity contribution is -0.121. The number of Topliss-reactive ketones (excluding diaryl/α,β-unsaturated/α-hetero) is 1. The molecule has 0 spiro atoms. The summed E-state index contributed by atoms with van der Waals surface area (Å²) in [6.45, 7) is 2.41. The van der Waals surface area contributed by atoms with Crippen LogP contribution in [0.15, 0.2) is 18.2 Å². The molecule has 0 aromatic heterocycles. The Morgan fingerprint density at radius 3 is 2.56 bits per heavy atom. The van der Waals surface area contributed by atoms with Crippen molar-refractivity contribution in [2.24, 2.45) is 0 Å². The molecule has 86 valence electrons. The Kier molecular flexibility index (Phi) is 3.85. The van der Waals surface area contributed by atoms with Gasteiger partial charge < -0.3 is 0 Å². The van der Waals surface area contributed by atoms with Gasteiger partial charge in [-0.2, -0.15) is 0 Å². The highest BCUT2D eigenvalue weighted by Crippen LogP contribution is 2.22. The Morgan fingerprint density at radius 2 is 1.88 bits per heavy atom. The van der Waals surface area contributed by atoms with Crippen LogP contribution >= 0.6 is 23.2 Å². The van der Waals surface area contributed by atoms with E-state index in [9.17, 15) is 4.79 Å². The van der Waals surface area contributed by atoms with E-state index in [0.29, 0.717) is 23.6 Å². The molecule has 0 bridgehead atoms. The monoisotopic (exact) mass is 257 g/mol. The quantitative estimate of drug-likeness (QED) is 0.812. The first-order valence-electron chi connectivity index (χ1n) is 5.33. The molecule has 1 aromatic rings. The van der Waals surface area contributed by atoms with Crippen molar-refractivity contribution >= 4 is 29.0 Å². The van der Waals surface area contributed by atoms with Crippen LogP contribution in [0.25, 0.3) is 0 Å². The van der Waals surface area contributed by atoms with Gasteiger partial charge in [0.05, 0.1) is 0 Å². The number of likely N-dealkylation sites (tertiary alicyclic amines) is 1. The Morgan fingerprint density at radius 1 is 1.19 bits per heavy atom. The fraction of sp³-hybridized carbons (Fsp3) is 0.417. The number of benzene rings is 1. The number of carbonyl (C=O) groups is 1. The van der Waals surface area contributed by atoms with Gasteiger partial charge in [0, 0.05) is 42.5 Å². The zero-order valence-electron chi connectivity index (χ0n) is 8.88. The van der Waals surface area contributed by atoms with Crippen LogP contribution in [0.1, 0.15) is 18.4 Å². The number of ketones is 1. The minimum atomic E-state index is 0.355. The molecule has 1 fully saturated rings. The molecule has 0 radical (unpaired) electrons. The summed E-state index contributed by atoms with van der Waals surface area (Å²) in [6.07, 6.45) is 1.30. The third-order valence-corrected chi connectivity index (χ3v) is 3.42. The number of halogens is 2. The summed E-state index contributed by atoms with van der Waals surface area (Å²) < 4.78 is 0. The number of hydrogen-bond donors (Lipinski definition) is 0. The third kappa shape index (κ3) is 2.97. The number of carbonyl (C=O) groups excluding carboxylic acids is 1. The molecule has 1 aliphatic heterocycles. The molecular weight excluding hydrogens is 245 g/mol. The van der Waals surface area contributed by atoms with E-state index >= 15 is 0 Å². The number of piperidine rings is 1. The highest BCUT2D eigenvalue weighted by atomic mass is 35.5. The molecule has 0 atom stereocenters. The highest BCUT2D eigenvalue weighted by Gasteiger charge is 2.16. The van der Waals surface area contributed by atoms with E-state index in [0.717, 1.165) is 30.2 Å². The molecule has 1 aromatic carbocycles. The lowest BCUT2D eigenvalue weighted by atomic mass is 10.1. The van der Waals surface area contributed by atoms with Gasteiger partial charge in [-0.1, -0.05) is 23.2 Å². The van der Waals surface area contributed by atoms with E-state index < -0.39 is 0 Å². The second-order valence-electron chi connectivity index (χ2n) is 4.05. The van der Waals surface area contributed by atoms with Gasteiger partial charge in [-0.3, -0.25) is 9.69 Å². The molecule has 2 rings (SSSR count). The Hall–Kier alpha value is -0.570. The minimum absolute atomic E-state index is 0.355. The topological polar surface area (TPSA) is 20.3 Å². The van der Waals surface area contributed by atoms with Gasteiger partial charge in [-0.15, -0.1) is 0 Å². The SMILES string of the molecule is O=C1CCN(Cc2cc(Cl)ccc2Cl)CC1. The van der Waals surface area contributed by atoms with Crippen molar-refractivity contribution in [3.63, 3.8) is 0 Å². The zero-order chi connectivity index (χ0) is 11.5. The van der Waals surface area contributed by atoms with Crippen LogP contribution < -0.4 is 0 Å². The summed E-state index contributed by atoms with van der Waals surface area (Å²) in [7, 11) is 0. The van der Waals surface area contributed by atoms with Crippen LogP contribution in [0, 0.1) is 0 Å². The van der Waals surface area contributed by atoms with Crippen molar-refractivity contribution in [2.45, 2.75) is 19.4 Å². The van der Waals surface area contributed by atoms with Crippen molar-refractivity contribution in [3.05, 3.63) is 33.8 Å². The minimum Gasteiger partial charge on any atom is -0.300 e. The molecular formula is C12H13Cl2NO. The number of rotatable bonds is 2. The second-order valence-corrected chi connectivity index (χ2v) is 4.89. The molecule has 0 aliphatic carbocycles. The lowest BCUT2D eigenvalue weighted by Gasteiger charge is -2.26. The van der Waals surface area contributed by atoms with E-state index in [4.69, 9.17) is 23.2 Å². The second kappa shape index (κ2) is 5.17. The van der Waals surface area contributed by atoms with Crippen LogP contribution in [0.3, 0.4) is 0 Å². The summed E-state index contributed by atoms with van der Waals surface area (Å²) in [5.41, 5.74) is 1.03. The molecule has 0 saturated carbocycles. The molecule has 1 heterocycles. The van der Waals surface area contributed by atoms with Crippen LogP contribution in [0.5, 0.6) is 0 Å². The Balaban J connectivity index is 2.03. The Labute approximate surface area is 105 Å².